The fourth-order valence-corrected chi connectivity index (χ4v) is 2.23. The minimum absolute atomic E-state index is 0.128. The van der Waals surface area contributed by atoms with E-state index in [9.17, 15) is 4.79 Å². The normalized spacial score (nSPS) is 32.2. The molecule has 2 atom stereocenters. The molecule has 0 saturated carbocycles. The van der Waals surface area contributed by atoms with Crippen LogP contribution in [0.3, 0.4) is 0 Å². The summed E-state index contributed by atoms with van der Waals surface area (Å²) < 4.78 is 0. The fraction of sp³-hybridized carbons (Fsp3) is 0.900. The summed E-state index contributed by atoms with van der Waals surface area (Å²) in [7, 11) is 0. The first-order valence-electron chi connectivity index (χ1n) is 5.56. The van der Waals surface area contributed by atoms with Crippen LogP contribution in [0.2, 0.25) is 0 Å². The molecule has 14 heavy (non-hydrogen) atoms. The van der Waals surface area contributed by atoms with Gasteiger partial charge in [0.05, 0.1) is 0 Å². The van der Waals surface area contributed by atoms with E-state index in [1.807, 2.05) is 4.90 Å². The van der Waals surface area contributed by atoms with Crippen molar-refractivity contribution in [3.8, 4) is 0 Å². The van der Waals surface area contributed by atoms with E-state index < -0.39 is 0 Å². The number of carbonyl (C=O) groups is 1. The highest BCUT2D eigenvalue weighted by Gasteiger charge is 2.26. The average Bonchev–Trinajstić information content (AvgIpc) is 2.77. The quantitative estimate of drug-likeness (QED) is 0.644. The van der Waals surface area contributed by atoms with Gasteiger partial charge in [-0.15, -0.1) is 0 Å². The Hall–Kier alpha value is -0.770. The molecule has 2 amide bonds. The third kappa shape index (κ3) is 2.00. The van der Waals surface area contributed by atoms with Gasteiger partial charge in [0, 0.05) is 25.2 Å². The summed E-state index contributed by atoms with van der Waals surface area (Å²) in [6, 6.07) is 0.868. The maximum Gasteiger partial charge on any atom is 0.317 e. The van der Waals surface area contributed by atoms with Crippen LogP contribution >= 0.6 is 0 Å². The zero-order chi connectivity index (χ0) is 9.97. The van der Waals surface area contributed by atoms with Gasteiger partial charge in [-0.25, -0.2) is 4.79 Å². The Morgan fingerprint density at radius 1 is 1.43 bits per heavy atom. The van der Waals surface area contributed by atoms with Crippen LogP contribution in [0.5, 0.6) is 0 Å². The lowest BCUT2D eigenvalue weighted by atomic mass is 10.1. The number of likely N-dealkylation sites (tertiary alicyclic amines) is 1. The van der Waals surface area contributed by atoms with E-state index in [4.69, 9.17) is 0 Å². The van der Waals surface area contributed by atoms with Crippen LogP contribution in [0.15, 0.2) is 0 Å². The number of nitrogens with zero attached hydrogens (tertiary/aromatic N) is 1. The van der Waals surface area contributed by atoms with Gasteiger partial charge in [0.2, 0.25) is 0 Å². The number of hydrogen-bond acceptors (Lipinski definition) is 2. The van der Waals surface area contributed by atoms with Crippen LogP contribution < -0.4 is 10.6 Å². The van der Waals surface area contributed by atoms with Crippen molar-refractivity contribution in [2.45, 2.75) is 38.3 Å². The number of hydrogen-bond donors (Lipinski definition) is 2. The summed E-state index contributed by atoms with van der Waals surface area (Å²) >= 11 is 0. The molecular formula is C10H19N3O. The van der Waals surface area contributed by atoms with Crippen LogP contribution in [0.1, 0.15) is 26.2 Å². The van der Waals surface area contributed by atoms with Gasteiger partial charge in [-0.3, -0.25) is 0 Å². The molecule has 80 valence electrons. The molecule has 2 aliphatic heterocycles. The molecule has 2 aliphatic rings. The summed E-state index contributed by atoms with van der Waals surface area (Å²) in [5.74, 6) is 0. The molecule has 2 heterocycles. The largest absolute Gasteiger partial charge is 0.334 e. The predicted octanol–water partition coefficient (Wildman–Crippen LogP) is 0.542. The van der Waals surface area contributed by atoms with Crippen molar-refractivity contribution in [3.63, 3.8) is 0 Å². The molecule has 0 aromatic heterocycles. The van der Waals surface area contributed by atoms with Crippen LogP contribution in [-0.2, 0) is 0 Å². The molecule has 2 N–H and O–H groups in total. The minimum Gasteiger partial charge on any atom is -0.334 e. The van der Waals surface area contributed by atoms with Gasteiger partial charge in [-0.2, -0.15) is 0 Å². The van der Waals surface area contributed by atoms with Crippen LogP contribution in [-0.4, -0.2) is 42.6 Å². The lowest BCUT2D eigenvalue weighted by molar-refractivity contribution is 0.203. The zero-order valence-corrected chi connectivity index (χ0v) is 8.75. The van der Waals surface area contributed by atoms with Crippen LogP contribution in [0, 0.1) is 0 Å². The van der Waals surface area contributed by atoms with Gasteiger partial charge in [0.25, 0.3) is 0 Å². The Morgan fingerprint density at radius 2 is 2.14 bits per heavy atom. The van der Waals surface area contributed by atoms with Crippen molar-refractivity contribution >= 4 is 6.03 Å². The summed E-state index contributed by atoms with van der Waals surface area (Å²) in [5.41, 5.74) is 0. The Kier molecular flexibility index (Phi) is 2.91. The summed E-state index contributed by atoms with van der Waals surface area (Å²) in [6.45, 7) is 5.01. The van der Waals surface area contributed by atoms with Crippen molar-refractivity contribution in [2.75, 3.05) is 19.6 Å². The highest BCUT2D eigenvalue weighted by atomic mass is 16.2. The number of amides is 2. The minimum atomic E-state index is 0.128. The molecular weight excluding hydrogens is 178 g/mol. The van der Waals surface area contributed by atoms with Crippen molar-refractivity contribution in [1.29, 1.82) is 0 Å². The Balaban J connectivity index is 1.81. The molecule has 0 aromatic carbocycles. The molecule has 2 saturated heterocycles. The average molecular weight is 197 g/mol. The van der Waals surface area contributed by atoms with Crippen LogP contribution in [0.4, 0.5) is 4.79 Å². The predicted molar refractivity (Wildman–Crippen MR) is 55.2 cm³/mol. The van der Waals surface area contributed by atoms with Gasteiger partial charge < -0.3 is 15.5 Å². The Morgan fingerprint density at radius 3 is 2.71 bits per heavy atom. The highest BCUT2D eigenvalue weighted by Crippen LogP contribution is 2.10. The topological polar surface area (TPSA) is 44.4 Å². The van der Waals surface area contributed by atoms with Crippen molar-refractivity contribution < 1.29 is 4.79 Å². The third-order valence-corrected chi connectivity index (χ3v) is 3.23. The van der Waals surface area contributed by atoms with E-state index >= 15 is 0 Å². The van der Waals surface area contributed by atoms with E-state index in [0.29, 0.717) is 12.1 Å². The van der Waals surface area contributed by atoms with Gasteiger partial charge in [0.15, 0.2) is 0 Å². The highest BCUT2D eigenvalue weighted by molar-refractivity contribution is 5.74. The first-order chi connectivity index (χ1) is 6.77. The summed E-state index contributed by atoms with van der Waals surface area (Å²) in [5, 5.41) is 6.43. The second-order valence-corrected chi connectivity index (χ2v) is 4.28. The van der Waals surface area contributed by atoms with Gasteiger partial charge in [-0.05, 0) is 32.7 Å². The number of rotatable bonds is 1. The van der Waals surface area contributed by atoms with E-state index in [0.717, 1.165) is 38.9 Å². The lowest BCUT2D eigenvalue weighted by Crippen LogP contribution is -2.47. The van der Waals surface area contributed by atoms with Gasteiger partial charge in [-0.1, -0.05) is 0 Å². The standard InChI is InChI=1S/C10H19N3O/c1-8-9(4-5-11-8)12-10(14)13-6-2-3-7-13/h8-9,11H,2-7H2,1H3,(H,12,14). The molecule has 2 fully saturated rings. The smallest absolute Gasteiger partial charge is 0.317 e. The summed E-state index contributed by atoms with van der Waals surface area (Å²) in [4.78, 5) is 13.7. The van der Waals surface area contributed by atoms with E-state index in [2.05, 4.69) is 17.6 Å². The third-order valence-electron chi connectivity index (χ3n) is 3.23. The molecule has 0 bridgehead atoms. The number of carbonyl (C=O) groups excluding carboxylic acids is 1. The van der Waals surface area contributed by atoms with Crippen molar-refractivity contribution in [2.24, 2.45) is 0 Å². The maximum absolute atomic E-state index is 11.7. The molecule has 2 rings (SSSR count). The zero-order valence-electron chi connectivity index (χ0n) is 8.75. The molecule has 4 heteroatoms. The lowest BCUT2D eigenvalue weighted by Gasteiger charge is -2.22. The molecule has 0 aliphatic carbocycles. The molecule has 4 nitrogen and oxygen atoms in total. The van der Waals surface area contributed by atoms with E-state index in [1.165, 1.54) is 0 Å². The number of urea groups is 1. The first kappa shape index (κ1) is 9.77. The van der Waals surface area contributed by atoms with Crippen LogP contribution in [0.25, 0.3) is 0 Å². The second-order valence-electron chi connectivity index (χ2n) is 4.28. The maximum atomic E-state index is 11.7. The Labute approximate surface area is 85.0 Å². The van der Waals surface area contributed by atoms with Crippen molar-refractivity contribution in [3.05, 3.63) is 0 Å². The monoisotopic (exact) mass is 197 g/mol. The van der Waals surface area contributed by atoms with E-state index in [1.54, 1.807) is 0 Å². The van der Waals surface area contributed by atoms with Crippen molar-refractivity contribution in [1.82, 2.24) is 15.5 Å². The molecule has 0 radical (unpaired) electrons. The summed E-state index contributed by atoms with van der Waals surface area (Å²) in [6.07, 6.45) is 3.37. The van der Waals surface area contributed by atoms with Gasteiger partial charge in [0.1, 0.15) is 0 Å². The fourth-order valence-electron chi connectivity index (χ4n) is 2.23. The molecule has 0 aromatic rings. The van der Waals surface area contributed by atoms with E-state index in [-0.39, 0.29) is 6.03 Å². The molecule has 2 unspecified atom stereocenters. The number of nitrogens with one attached hydrogen (secondary N) is 2. The first-order valence-corrected chi connectivity index (χ1v) is 5.56. The SMILES string of the molecule is CC1NCCC1NC(=O)N1CCCC1. The molecule has 0 spiro atoms. The Bertz CT molecular complexity index is 213. The van der Waals surface area contributed by atoms with Gasteiger partial charge >= 0.3 is 6.03 Å². The second kappa shape index (κ2) is 4.17.